The van der Waals surface area contributed by atoms with Gasteiger partial charge in [-0.1, -0.05) is 19.8 Å². The predicted octanol–water partition coefficient (Wildman–Crippen LogP) is 3.88. The van der Waals surface area contributed by atoms with Crippen LogP contribution in [0.25, 0.3) is 0 Å². The third-order valence-electron chi connectivity index (χ3n) is 4.26. The number of aliphatic hydroxyl groups excluding tert-OH is 1. The van der Waals surface area contributed by atoms with Crippen molar-refractivity contribution in [3.8, 4) is 0 Å². The Bertz CT molecular complexity index is 368. The standard InChI is InChI=1S/C15H25NOS/c1-4-5-12-6-7-14(17)13(8-12)9-15-16-10(2)11(3)18-15/h12-14,17H,4-9H2,1-3H3. The summed E-state index contributed by atoms with van der Waals surface area (Å²) in [7, 11) is 0. The number of aryl methyl sites for hydroxylation is 2. The second kappa shape index (κ2) is 6.16. The van der Waals surface area contributed by atoms with Crippen molar-refractivity contribution in [1.29, 1.82) is 0 Å². The van der Waals surface area contributed by atoms with Crippen molar-refractivity contribution in [2.75, 3.05) is 0 Å². The fourth-order valence-electron chi connectivity index (χ4n) is 3.09. The Balaban J connectivity index is 1.97. The fraction of sp³-hybridized carbons (Fsp3) is 0.800. The minimum Gasteiger partial charge on any atom is -0.393 e. The maximum atomic E-state index is 10.2. The Morgan fingerprint density at radius 3 is 2.72 bits per heavy atom. The smallest absolute Gasteiger partial charge is 0.0934 e. The molecule has 1 heterocycles. The molecular weight excluding hydrogens is 242 g/mol. The van der Waals surface area contributed by atoms with E-state index in [0.29, 0.717) is 5.92 Å². The highest BCUT2D eigenvalue weighted by Gasteiger charge is 2.29. The summed E-state index contributed by atoms with van der Waals surface area (Å²) >= 11 is 1.80. The molecule has 1 saturated carbocycles. The summed E-state index contributed by atoms with van der Waals surface area (Å²) in [5.74, 6) is 1.26. The van der Waals surface area contributed by atoms with Crippen molar-refractivity contribution < 1.29 is 5.11 Å². The molecule has 3 atom stereocenters. The lowest BCUT2D eigenvalue weighted by Gasteiger charge is -2.32. The monoisotopic (exact) mass is 267 g/mol. The van der Waals surface area contributed by atoms with Gasteiger partial charge in [0.1, 0.15) is 0 Å². The Kier molecular flexibility index (Phi) is 4.79. The third kappa shape index (κ3) is 3.33. The molecule has 18 heavy (non-hydrogen) atoms. The summed E-state index contributed by atoms with van der Waals surface area (Å²) < 4.78 is 0. The molecule has 0 amide bonds. The van der Waals surface area contributed by atoms with Gasteiger partial charge in [0.2, 0.25) is 0 Å². The van der Waals surface area contributed by atoms with Gasteiger partial charge in [0.05, 0.1) is 16.8 Å². The summed E-state index contributed by atoms with van der Waals surface area (Å²) in [6, 6.07) is 0. The van der Waals surface area contributed by atoms with E-state index in [2.05, 4.69) is 25.8 Å². The van der Waals surface area contributed by atoms with E-state index in [9.17, 15) is 5.11 Å². The van der Waals surface area contributed by atoms with Crippen LogP contribution >= 0.6 is 11.3 Å². The van der Waals surface area contributed by atoms with Crippen LogP contribution in [-0.4, -0.2) is 16.2 Å². The Morgan fingerprint density at radius 1 is 1.33 bits per heavy atom. The Morgan fingerprint density at radius 2 is 2.11 bits per heavy atom. The fourth-order valence-corrected chi connectivity index (χ4v) is 4.11. The van der Waals surface area contributed by atoms with Crippen molar-refractivity contribution in [2.45, 2.75) is 65.4 Å². The van der Waals surface area contributed by atoms with E-state index in [-0.39, 0.29) is 6.10 Å². The van der Waals surface area contributed by atoms with Gasteiger partial charge in [0.25, 0.3) is 0 Å². The topological polar surface area (TPSA) is 33.1 Å². The SMILES string of the molecule is CCCC1CCC(O)C(Cc2nc(C)c(C)s2)C1. The molecule has 1 aliphatic rings. The third-order valence-corrected chi connectivity index (χ3v) is 5.35. The van der Waals surface area contributed by atoms with Crippen LogP contribution in [-0.2, 0) is 6.42 Å². The second-order valence-corrected chi connectivity index (χ2v) is 7.04. The Labute approximate surface area is 114 Å². The van der Waals surface area contributed by atoms with Crippen LogP contribution in [0.15, 0.2) is 0 Å². The molecule has 1 aromatic heterocycles. The van der Waals surface area contributed by atoms with Crippen LogP contribution in [0.5, 0.6) is 0 Å². The molecule has 2 nitrogen and oxygen atoms in total. The first-order valence-electron chi connectivity index (χ1n) is 7.21. The summed E-state index contributed by atoms with van der Waals surface area (Å²) in [4.78, 5) is 5.94. The minimum atomic E-state index is -0.109. The van der Waals surface area contributed by atoms with E-state index >= 15 is 0 Å². The van der Waals surface area contributed by atoms with Crippen LogP contribution in [0.4, 0.5) is 0 Å². The van der Waals surface area contributed by atoms with Crippen molar-refractivity contribution in [3.05, 3.63) is 15.6 Å². The van der Waals surface area contributed by atoms with Crippen molar-refractivity contribution >= 4 is 11.3 Å². The average Bonchev–Trinajstić information content (AvgIpc) is 2.63. The Hall–Kier alpha value is -0.410. The number of rotatable bonds is 4. The molecule has 0 bridgehead atoms. The molecule has 0 aromatic carbocycles. The molecule has 2 rings (SSSR count). The van der Waals surface area contributed by atoms with E-state index in [0.717, 1.165) is 24.5 Å². The van der Waals surface area contributed by atoms with Crippen molar-refractivity contribution in [2.24, 2.45) is 11.8 Å². The lowest BCUT2D eigenvalue weighted by atomic mass is 9.76. The zero-order valence-electron chi connectivity index (χ0n) is 11.8. The zero-order valence-corrected chi connectivity index (χ0v) is 12.6. The average molecular weight is 267 g/mol. The molecular formula is C15H25NOS. The van der Waals surface area contributed by atoms with Gasteiger partial charge in [0.15, 0.2) is 0 Å². The lowest BCUT2D eigenvalue weighted by Crippen LogP contribution is -2.30. The first-order chi connectivity index (χ1) is 8.60. The molecule has 3 heteroatoms. The van der Waals surface area contributed by atoms with Crippen LogP contribution in [0.3, 0.4) is 0 Å². The first-order valence-corrected chi connectivity index (χ1v) is 8.02. The van der Waals surface area contributed by atoms with E-state index in [4.69, 9.17) is 0 Å². The largest absolute Gasteiger partial charge is 0.393 e. The number of thiazole rings is 1. The minimum absolute atomic E-state index is 0.109. The number of nitrogens with zero attached hydrogens (tertiary/aromatic N) is 1. The summed E-state index contributed by atoms with van der Waals surface area (Å²) in [5, 5.41) is 11.4. The van der Waals surface area contributed by atoms with E-state index < -0.39 is 0 Å². The van der Waals surface area contributed by atoms with Gasteiger partial charge >= 0.3 is 0 Å². The summed E-state index contributed by atoms with van der Waals surface area (Å²) in [5.41, 5.74) is 1.16. The summed E-state index contributed by atoms with van der Waals surface area (Å²) in [6.45, 7) is 6.47. The number of aromatic nitrogens is 1. The molecule has 0 saturated heterocycles. The number of hydrogen-bond acceptors (Lipinski definition) is 3. The van der Waals surface area contributed by atoms with Crippen molar-refractivity contribution in [1.82, 2.24) is 4.98 Å². The van der Waals surface area contributed by atoms with Gasteiger partial charge in [-0.25, -0.2) is 4.98 Å². The first kappa shape index (κ1) is 14.0. The van der Waals surface area contributed by atoms with Crippen LogP contribution in [0.2, 0.25) is 0 Å². The highest BCUT2D eigenvalue weighted by Crippen LogP contribution is 2.35. The van der Waals surface area contributed by atoms with Gasteiger partial charge in [0, 0.05) is 11.3 Å². The molecule has 0 aliphatic heterocycles. The quantitative estimate of drug-likeness (QED) is 0.898. The van der Waals surface area contributed by atoms with Gasteiger partial charge in [-0.15, -0.1) is 11.3 Å². The maximum Gasteiger partial charge on any atom is 0.0934 e. The van der Waals surface area contributed by atoms with Gasteiger partial charge in [-0.3, -0.25) is 0 Å². The lowest BCUT2D eigenvalue weighted by molar-refractivity contribution is 0.0462. The molecule has 102 valence electrons. The van der Waals surface area contributed by atoms with Crippen molar-refractivity contribution in [3.63, 3.8) is 0 Å². The van der Waals surface area contributed by atoms with E-state index in [1.807, 2.05) is 0 Å². The van der Waals surface area contributed by atoms with Crippen LogP contribution in [0, 0.1) is 25.7 Å². The normalized spacial score (nSPS) is 28.6. The summed E-state index contributed by atoms with van der Waals surface area (Å²) in [6.07, 6.45) is 6.83. The molecule has 1 aromatic rings. The molecule has 1 N–H and O–H groups in total. The number of hydrogen-bond donors (Lipinski definition) is 1. The van der Waals surface area contributed by atoms with Gasteiger partial charge in [-0.2, -0.15) is 0 Å². The number of aliphatic hydroxyl groups is 1. The predicted molar refractivity (Wildman–Crippen MR) is 77.0 cm³/mol. The van der Waals surface area contributed by atoms with E-state index in [1.165, 1.54) is 35.6 Å². The van der Waals surface area contributed by atoms with Crippen LogP contribution in [0.1, 0.15) is 54.6 Å². The van der Waals surface area contributed by atoms with Crippen LogP contribution < -0.4 is 0 Å². The highest BCUT2D eigenvalue weighted by molar-refractivity contribution is 7.11. The molecule has 0 radical (unpaired) electrons. The molecule has 3 unspecified atom stereocenters. The molecule has 0 spiro atoms. The highest BCUT2D eigenvalue weighted by atomic mass is 32.1. The molecule has 1 fully saturated rings. The zero-order chi connectivity index (χ0) is 13.1. The van der Waals surface area contributed by atoms with E-state index in [1.54, 1.807) is 11.3 Å². The second-order valence-electron chi connectivity index (χ2n) is 5.75. The molecule has 1 aliphatic carbocycles. The van der Waals surface area contributed by atoms with Gasteiger partial charge in [-0.05, 0) is 44.9 Å². The maximum absolute atomic E-state index is 10.2. The van der Waals surface area contributed by atoms with Gasteiger partial charge < -0.3 is 5.11 Å².